The largest absolute Gasteiger partial charge is 0.354 e. The predicted molar refractivity (Wildman–Crippen MR) is 75.2 cm³/mol. The number of hydrogen-bond acceptors (Lipinski definition) is 3. The van der Waals surface area contributed by atoms with Gasteiger partial charge < -0.3 is 4.57 Å². The second-order valence-corrected chi connectivity index (χ2v) is 4.77. The van der Waals surface area contributed by atoms with Gasteiger partial charge in [0.15, 0.2) is 0 Å². The zero-order chi connectivity index (χ0) is 14.7. The molecule has 0 amide bonds. The summed E-state index contributed by atoms with van der Waals surface area (Å²) in [5.74, 6) is -1.02. The van der Waals surface area contributed by atoms with Crippen molar-refractivity contribution in [1.82, 2.24) is 4.57 Å². The van der Waals surface area contributed by atoms with Crippen LogP contribution in [0, 0.1) is 10.1 Å². The van der Waals surface area contributed by atoms with Crippen molar-refractivity contribution in [2.75, 3.05) is 0 Å². The van der Waals surface area contributed by atoms with Gasteiger partial charge in [-0.2, -0.15) is 0 Å². The van der Waals surface area contributed by atoms with Crippen LogP contribution >= 0.6 is 0 Å². The molecule has 5 nitrogen and oxygen atoms in total. The number of nitrogens with zero attached hydrogens (tertiary/aromatic N) is 2. The normalized spacial score (nSPS) is 13.7. The van der Waals surface area contributed by atoms with Gasteiger partial charge in [0.1, 0.15) is 0 Å². The summed E-state index contributed by atoms with van der Waals surface area (Å²) in [7, 11) is 1.82. The number of nitro groups is 1. The molecule has 0 N–H and O–H groups in total. The Morgan fingerprint density at radius 3 is 2.30 bits per heavy atom. The van der Waals surface area contributed by atoms with E-state index in [0.717, 1.165) is 11.3 Å². The highest BCUT2D eigenvalue weighted by molar-refractivity contribution is 5.82. The van der Waals surface area contributed by atoms with E-state index in [0.29, 0.717) is 0 Å². The van der Waals surface area contributed by atoms with Gasteiger partial charge in [-0.15, -0.1) is 0 Å². The molecular weight excluding hydrogens is 256 g/mol. The van der Waals surface area contributed by atoms with Gasteiger partial charge in [0.25, 0.3) is 6.04 Å². The summed E-state index contributed by atoms with van der Waals surface area (Å²) in [6.07, 6.45) is 1.82. The standard InChI is InChI=1S/C15H16N2O3/c1-11(18)15(17(19)20)14(12-7-4-3-5-8-12)13-9-6-10-16(13)2/h3-10,14-15H,1-2H3. The molecular formula is C15H16N2O3. The van der Waals surface area contributed by atoms with Crippen LogP contribution in [0.2, 0.25) is 0 Å². The Bertz CT molecular complexity index is 605. The molecule has 5 heteroatoms. The van der Waals surface area contributed by atoms with Crippen LogP contribution in [0.4, 0.5) is 0 Å². The molecule has 0 aliphatic carbocycles. The van der Waals surface area contributed by atoms with E-state index in [-0.39, 0.29) is 0 Å². The summed E-state index contributed by atoms with van der Waals surface area (Å²) in [5, 5.41) is 11.3. The van der Waals surface area contributed by atoms with Crippen LogP contribution in [0.15, 0.2) is 48.7 Å². The van der Waals surface area contributed by atoms with Crippen molar-refractivity contribution < 1.29 is 9.72 Å². The maximum Gasteiger partial charge on any atom is 0.282 e. The van der Waals surface area contributed by atoms with Gasteiger partial charge in [0.2, 0.25) is 5.78 Å². The maximum atomic E-state index is 11.8. The molecule has 1 aromatic heterocycles. The minimum Gasteiger partial charge on any atom is -0.354 e. The summed E-state index contributed by atoms with van der Waals surface area (Å²) in [4.78, 5) is 22.6. The SMILES string of the molecule is CC(=O)C(C(c1ccccc1)c1cccn1C)[N+](=O)[O-]. The first-order valence-electron chi connectivity index (χ1n) is 6.32. The Morgan fingerprint density at radius 1 is 1.20 bits per heavy atom. The van der Waals surface area contributed by atoms with Crippen molar-refractivity contribution in [3.8, 4) is 0 Å². The molecule has 2 unspecified atom stereocenters. The molecule has 104 valence electrons. The first-order valence-corrected chi connectivity index (χ1v) is 6.32. The Balaban J connectivity index is 2.58. The minimum absolute atomic E-state index is 0.440. The van der Waals surface area contributed by atoms with Gasteiger partial charge in [0.05, 0.1) is 5.92 Å². The van der Waals surface area contributed by atoms with Crippen molar-refractivity contribution in [2.24, 2.45) is 7.05 Å². The van der Waals surface area contributed by atoms with E-state index in [9.17, 15) is 14.9 Å². The van der Waals surface area contributed by atoms with Crippen LogP contribution in [0.5, 0.6) is 0 Å². The van der Waals surface area contributed by atoms with E-state index in [1.54, 1.807) is 0 Å². The fourth-order valence-electron chi connectivity index (χ4n) is 2.48. The molecule has 0 radical (unpaired) electrons. The summed E-state index contributed by atoms with van der Waals surface area (Å²) < 4.78 is 1.82. The molecule has 2 aromatic rings. The van der Waals surface area contributed by atoms with E-state index < -0.39 is 22.7 Å². The Labute approximate surface area is 117 Å². The van der Waals surface area contributed by atoms with Gasteiger partial charge in [-0.05, 0) is 17.7 Å². The van der Waals surface area contributed by atoms with Crippen LogP contribution < -0.4 is 0 Å². The smallest absolute Gasteiger partial charge is 0.282 e. The average Bonchev–Trinajstić information content (AvgIpc) is 2.82. The number of aromatic nitrogens is 1. The predicted octanol–water partition coefficient (Wildman–Crippen LogP) is 2.39. The second kappa shape index (κ2) is 5.69. The maximum absolute atomic E-state index is 11.8. The summed E-state index contributed by atoms with van der Waals surface area (Å²) >= 11 is 0. The number of ketones is 1. The van der Waals surface area contributed by atoms with Crippen molar-refractivity contribution in [3.05, 3.63) is 70.0 Å². The van der Waals surface area contributed by atoms with E-state index in [2.05, 4.69) is 0 Å². The number of rotatable bonds is 5. The highest BCUT2D eigenvalue weighted by Gasteiger charge is 2.39. The number of Topliss-reactive ketones (excluding diaryl/α,β-unsaturated/α-hetero) is 1. The lowest BCUT2D eigenvalue weighted by atomic mass is 9.87. The van der Waals surface area contributed by atoms with E-state index in [1.807, 2.05) is 60.3 Å². The first-order chi connectivity index (χ1) is 9.52. The lowest BCUT2D eigenvalue weighted by Crippen LogP contribution is -2.35. The number of hydrogen-bond donors (Lipinski definition) is 0. The quantitative estimate of drug-likeness (QED) is 0.620. The summed E-state index contributed by atoms with van der Waals surface area (Å²) in [5.41, 5.74) is 1.53. The molecule has 0 aliphatic heterocycles. The third kappa shape index (κ3) is 2.61. The number of benzene rings is 1. The molecule has 1 heterocycles. The third-order valence-electron chi connectivity index (χ3n) is 3.42. The molecule has 0 saturated carbocycles. The molecule has 0 fully saturated rings. The van der Waals surface area contributed by atoms with Crippen molar-refractivity contribution in [2.45, 2.75) is 18.9 Å². The number of carbonyl (C=O) groups excluding carboxylic acids is 1. The van der Waals surface area contributed by atoms with E-state index >= 15 is 0 Å². The topological polar surface area (TPSA) is 65.1 Å². The molecule has 0 saturated heterocycles. The number of aryl methyl sites for hydroxylation is 1. The van der Waals surface area contributed by atoms with Gasteiger partial charge in [-0.3, -0.25) is 14.9 Å². The monoisotopic (exact) mass is 272 g/mol. The molecule has 2 rings (SSSR count). The fourth-order valence-corrected chi connectivity index (χ4v) is 2.48. The average molecular weight is 272 g/mol. The molecule has 20 heavy (non-hydrogen) atoms. The molecule has 2 atom stereocenters. The van der Waals surface area contributed by atoms with Gasteiger partial charge >= 0.3 is 0 Å². The lowest BCUT2D eigenvalue weighted by Gasteiger charge is -2.20. The molecule has 1 aromatic carbocycles. The lowest BCUT2D eigenvalue weighted by molar-refractivity contribution is -0.509. The Morgan fingerprint density at radius 2 is 1.85 bits per heavy atom. The summed E-state index contributed by atoms with van der Waals surface area (Å²) in [6, 6.07) is 11.5. The van der Waals surface area contributed by atoms with Crippen LogP contribution in [0.25, 0.3) is 0 Å². The van der Waals surface area contributed by atoms with E-state index in [1.165, 1.54) is 6.92 Å². The Kier molecular flexibility index (Phi) is 3.98. The first kappa shape index (κ1) is 14.0. The zero-order valence-electron chi connectivity index (χ0n) is 11.4. The second-order valence-electron chi connectivity index (χ2n) is 4.77. The fraction of sp³-hybridized carbons (Fsp3) is 0.267. The van der Waals surface area contributed by atoms with Crippen LogP contribution in [-0.2, 0) is 11.8 Å². The van der Waals surface area contributed by atoms with Crippen molar-refractivity contribution >= 4 is 5.78 Å². The number of carbonyl (C=O) groups is 1. The summed E-state index contributed by atoms with van der Waals surface area (Å²) in [6.45, 7) is 1.27. The van der Waals surface area contributed by atoms with Crippen LogP contribution in [0.1, 0.15) is 24.1 Å². The minimum atomic E-state index is -1.27. The van der Waals surface area contributed by atoms with Crippen LogP contribution in [-0.4, -0.2) is 21.3 Å². The zero-order valence-corrected chi connectivity index (χ0v) is 11.4. The van der Waals surface area contributed by atoms with Gasteiger partial charge in [-0.25, -0.2) is 0 Å². The Hall–Kier alpha value is -2.43. The highest BCUT2D eigenvalue weighted by atomic mass is 16.6. The van der Waals surface area contributed by atoms with E-state index in [4.69, 9.17) is 0 Å². The molecule has 0 spiro atoms. The van der Waals surface area contributed by atoms with Gasteiger partial charge in [-0.1, -0.05) is 30.3 Å². The third-order valence-corrected chi connectivity index (χ3v) is 3.42. The van der Waals surface area contributed by atoms with Crippen molar-refractivity contribution in [3.63, 3.8) is 0 Å². The van der Waals surface area contributed by atoms with Crippen LogP contribution in [0.3, 0.4) is 0 Å². The molecule has 0 aliphatic rings. The van der Waals surface area contributed by atoms with Crippen molar-refractivity contribution in [1.29, 1.82) is 0 Å². The molecule has 0 bridgehead atoms. The highest BCUT2D eigenvalue weighted by Crippen LogP contribution is 2.30. The van der Waals surface area contributed by atoms with Gasteiger partial charge in [0, 0.05) is 30.8 Å².